The second kappa shape index (κ2) is 10.6. The Morgan fingerprint density at radius 2 is 1.70 bits per heavy atom. The maximum Gasteiger partial charge on any atom is 0.337 e. The largest absolute Gasteiger partial charge is 0.465 e. The number of esters is 2. The van der Waals surface area contributed by atoms with Crippen LogP contribution in [-0.2, 0) is 19.1 Å². The van der Waals surface area contributed by atoms with Crippen LogP contribution in [0.4, 0.5) is 16.2 Å². The third kappa shape index (κ3) is 6.62. The van der Waals surface area contributed by atoms with Crippen molar-refractivity contribution in [3.05, 3.63) is 59.7 Å². The molecule has 9 nitrogen and oxygen atoms in total. The number of para-hydroxylation sites is 1. The molecule has 0 fully saturated rings. The maximum atomic E-state index is 12.1. The van der Waals surface area contributed by atoms with E-state index in [0.29, 0.717) is 11.4 Å². The molecule has 2 aromatic rings. The molecule has 0 saturated carbocycles. The summed E-state index contributed by atoms with van der Waals surface area (Å²) in [6.07, 6.45) is 0. The van der Waals surface area contributed by atoms with Gasteiger partial charge in [-0.1, -0.05) is 24.3 Å². The molecule has 0 radical (unpaired) electrons. The van der Waals surface area contributed by atoms with E-state index in [1.807, 2.05) is 0 Å². The van der Waals surface area contributed by atoms with Crippen LogP contribution in [-0.4, -0.2) is 43.6 Å². The Kier molecular flexibility index (Phi) is 7.92. The summed E-state index contributed by atoms with van der Waals surface area (Å²) in [6, 6.07) is 11.9. The lowest BCUT2D eigenvalue weighted by atomic mass is 10.1. The first-order chi connectivity index (χ1) is 14.3. The standard InChI is InChI=1S/C21H23N3O6/c1-13-9-10-15(20(27)29-3)11-17(13)24-18(25)12-30-19(26)14(2)22-21(28)23-16-7-5-4-6-8-16/h4-11,14H,12H2,1-3H3,(H,24,25)(H2,22,23,28)/t14-/m0/s1. The zero-order chi connectivity index (χ0) is 22.1. The number of rotatable bonds is 7. The quantitative estimate of drug-likeness (QED) is 0.599. The molecule has 3 N–H and O–H groups in total. The fourth-order valence-corrected chi connectivity index (χ4v) is 2.39. The first kappa shape index (κ1) is 22.4. The van der Waals surface area contributed by atoms with Gasteiger partial charge < -0.3 is 25.4 Å². The molecule has 0 bridgehead atoms. The molecule has 158 valence electrons. The fraction of sp³-hybridized carbons (Fsp3) is 0.238. The van der Waals surface area contributed by atoms with Crippen molar-refractivity contribution in [2.45, 2.75) is 19.9 Å². The fourth-order valence-electron chi connectivity index (χ4n) is 2.39. The van der Waals surface area contributed by atoms with Crippen LogP contribution in [0.3, 0.4) is 0 Å². The van der Waals surface area contributed by atoms with Gasteiger partial charge in [0.05, 0.1) is 12.7 Å². The molecule has 2 rings (SSSR count). The molecule has 1 atom stereocenters. The highest BCUT2D eigenvalue weighted by molar-refractivity contribution is 5.97. The summed E-state index contributed by atoms with van der Waals surface area (Å²) < 4.78 is 9.59. The number of urea groups is 1. The highest BCUT2D eigenvalue weighted by Gasteiger charge is 2.19. The van der Waals surface area contributed by atoms with E-state index in [0.717, 1.165) is 5.56 Å². The van der Waals surface area contributed by atoms with Gasteiger partial charge in [-0.15, -0.1) is 0 Å². The molecule has 0 aliphatic carbocycles. The molecular formula is C21H23N3O6. The van der Waals surface area contributed by atoms with E-state index >= 15 is 0 Å². The van der Waals surface area contributed by atoms with Crippen LogP contribution in [0.15, 0.2) is 48.5 Å². The van der Waals surface area contributed by atoms with E-state index in [2.05, 4.69) is 20.7 Å². The van der Waals surface area contributed by atoms with Crippen LogP contribution in [0.2, 0.25) is 0 Å². The number of carbonyl (C=O) groups excluding carboxylic acids is 4. The van der Waals surface area contributed by atoms with E-state index < -0.39 is 36.5 Å². The molecule has 9 heteroatoms. The lowest BCUT2D eigenvalue weighted by Crippen LogP contribution is -2.42. The molecule has 0 unspecified atom stereocenters. The van der Waals surface area contributed by atoms with Crippen LogP contribution in [0.5, 0.6) is 0 Å². The van der Waals surface area contributed by atoms with Gasteiger partial charge in [0.25, 0.3) is 5.91 Å². The smallest absolute Gasteiger partial charge is 0.337 e. The van der Waals surface area contributed by atoms with E-state index in [1.54, 1.807) is 49.4 Å². The van der Waals surface area contributed by atoms with Crippen molar-refractivity contribution < 1.29 is 28.7 Å². The molecule has 0 saturated heterocycles. The van der Waals surface area contributed by atoms with Crippen molar-refractivity contribution in [1.82, 2.24) is 5.32 Å². The normalized spacial score (nSPS) is 11.0. The summed E-state index contributed by atoms with van der Waals surface area (Å²) in [5.41, 5.74) is 1.96. The van der Waals surface area contributed by atoms with E-state index in [9.17, 15) is 19.2 Å². The molecule has 0 heterocycles. The van der Waals surface area contributed by atoms with Crippen molar-refractivity contribution in [2.75, 3.05) is 24.4 Å². The van der Waals surface area contributed by atoms with Crippen molar-refractivity contribution in [3.8, 4) is 0 Å². The number of hydrogen-bond donors (Lipinski definition) is 3. The Bertz CT molecular complexity index is 930. The molecule has 0 aliphatic rings. The molecule has 0 spiro atoms. The molecule has 30 heavy (non-hydrogen) atoms. The summed E-state index contributed by atoms with van der Waals surface area (Å²) >= 11 is 0. The second-order valence-corrected chi connectivity index (χ2v) is 6.36. The zero-order valence-electron chi connectivity index (χ0n) is 16.9. The summed E-state index contributed by atoms with van der Waals surface area (Å²) in [7, 11) is 1.26. The summed E-state index contributed by atoms with van der Waals surface area (Å²) in [5, 5.41) is 7.58. The zero-order valence-corrected chi connectivity index (χ0v) is 16.9. The van der Waals surface area contributed by atoms with Gasteiger partial charge in [-0.05, 0) is 43.7 Å². The van der Waals surface area contributed by atoms with Gasteiger partial charge in [0.1, 0.15) is 6.04 Å². The number of carbonyl (C=O) groups is 4. The van der Waals surface area contributed by atoms with Crippen LogP contribution < -0.4 is 16.0 Å². The Hall–Kier alpha value is -3.88. The van der Waals surface area contributed by atoms with Gasteiger partial charge in [0.2, 0.25) is 0 Å². The number of aryl methyl sites for hydroxylation is 1. The Morgan fingerprint density at radius 1 is 1.00 bits per heavy atom. The number of nitrogens with one attached hydrogen (secondary N) is 3. The summed E-state index contributed by atoms with van der Waals surface area (Å²) in [4.78, 5) is 47.7. The average molecular weight is 413 g/mol. The molecule has 0 aromatic heterocycles. The molecular weight excluding hydrogens is 390 g/mol. The summed E-state index contributed by atoms with van der Waals surface area (Å²) in [6.45, 7) is 2.64. The predicted molar refractivity (Wildman–Crippen MR) is 110 cm³/mol. The molecule has 3 amide bonds. The van der Waals surface area contributed by atoms with Crippen molar-refractivity contribution in [2.24, 2.45) is 0 Å². The first-order valence-corrected chi connectivity index (χ1v) is 9.08. The average Bonchev–Trinajstić information content (AvgIpc) is 2.73. The van der Waals surface area contributed by atoms with Gasteiger partial charge in [-0.25, -0.2) is 14.4 Å². The number of amides is 3. The van der Waals surface area contributed by atoms with Gasteiger partial charge in [0.15, 0.2) is 6.61 Å². The van der Waals surface area contributed by atoms with Gasteiger partial charge in [-0.2, -0.15) is 0 Å². The van der Waals surface area contributed by atoms with Crippen molar-refractivity contribution in [3.63, 3.8) is 0 Å². The minimum Gasteiger partial charge on any atom is -0.465 e. The van der Waals surface area contributed by atoms with Crippen LogP contribution in [0.25, 0.3) is 0 Å². The van der Waals surface area contributed by atoms with Gasteiger partial charge in [-0.3, -0.25) is 4.79 Å². The van der Waals surface area contributed by atoms with Crippen LogP contribution in [0.1, 0.15) is 22.8 Å². The SMILES string of the molecule is COC(=O)c1ccc(C)c(NC(=O)COC(=O)[C@H](C)NC(=O)Nc2ccccc2)c1. The Labute approximate surface area is 173 Å². The third-order valence-corrected chi connectivity index (χ3v) is 4.01. The number of benzene rings is 2. The molecule has 0 aliphatic heterocycles. The summed E-state index contributed by atoms with van der Waals surface area (Å²) in [5.74, 6) is -1.89. The number of ether oxygens (including phenoxy) is 2. The van der Waals surface area contributed by atoms with E-state index in [4.69, 9.17) is 4.74 Å². The topological polar surface area (TPSA) is 123 Å². The van der Waals surface area contributed by atoms with Crippen LogP contribution >= 0.6 is 0 Å². The number of hydrogen-bond acceptors (Lipinski definition) is 6. The monoisotopic (exact) mass is 413 g/mol. The van der Waals surface area contributed by atoms with Crippen molar-refractivity contribution in [1.29, 1.82) is 0 Å². The van der Waals surface area contributed by atoms with Crippen LogP contribution in [0, 0.1) is 6.92 Å². The minimum atomic E-state index is -0.967. The lowest BCUT2D eigenvalue weighted by Gasteiger charge is -2.14. The third-order valence-electron chi connectivity index (χ3n) is 4.01. The Balaban J connectivity index is 1.83. The van der Waals surface area contributed by atoms with Crippen molar-refractivity contribution >= 4 is 35.3 Å². The second-order valence-electron chi connectivity index (χ2n) is 6.36. The minimum absolute atomic E-state index is 0.276. The number of methoxy groups -OCH3 is 1. The predicted octanol–water partition coefficient (Wildman–Crippen LogP) is 2.47. The first-order valence-electron chi connectivity index (χ1n) is 9.08. The van der Waals surface area contributed by atoms with E-state index in [-0.39, 0.29) is 5.56 Å². The highest BCUT2D eigenvalue weighted by Crippen LogP contribution is 2.17. The number of anilines is 2. The van der Waals surface area contributed by atoms with E-state index in [1.165, 1.54) is 20.1 Å². The molecule has 2 aromatic carbocycles. The Morgan fingerprint density at radius 3 is 2.37 bits per heavy atom. The lowest BCUT2D eigenvalue weighted by molar-refractivity contribution is -0.148. The van der Waals surface area contributed by atoms with Gasteiger partial charge >= 0.3 is 18.0 Å². The highest BCUT2D eigenvalue weighted by atomic mass is 16.5. The maximum absolute atomic E-state index is 12.1. The van der Waals surface area contributed by atoms with Gasteiger partial charge in [0, 0.05) is 11.4 Å².